The number of aromatic amines is 1. The lowest BCUT2D eigenvalue weighted by Gasteiger charge is -2.07. The van der Waals surface area contributed by atoms with Gasteiger partial charge in [0.05, 0.1) is 17.8 Å². The third-order valence-corrected chi connectivity index (χ3v) is 4.43. The van der Waals surface area contributed by atoms with E-state index in [4.69, 9.17) is 12.2 Å². The molecule has 2 aromatic carbocycles. The van der Waals surface area contributed by atoms with Gasteiger partial charge >= 0.3 is 0 Å². The number of hydrogen-bond acceptors (Lipinski definition) is 4. The lowest BCUT2D eigenvalue weighted by molar-refractivity contribution is 0.832. The van der Waals surface area contributed by atoms with Crippen molar-refractivity contribution in [3.8, 4) is 6.07 Å². The highest BCUT2D eigenvalue weighted by atomic mass is 32.1. The van der Waals surface area contributed by atoms with Crippen LogP contribution in [0, 0.1) is 16.1 Å². The average molecular weight is 358 g/mol. The average Bonchev–Trinajstić information content (AvgIpc) is 3.24. The van der Waals surface area contributed by atoms with E-state index >= 15 is 0 Å². The molecule has 4 aromatic rings. The second kappa shape index (κ2) is 6.78. The van der Waals surface area contributed by atoms with Gasteiger partial charge in [0.2, 0.25) is 4.77 Å². The second-order valence-electron chi connectivity index (χ2n) is 5.75. The largest absolute Gasteiger partial charge is 0.342 e. The number of hydrogen-bond donors (Lipinski definition) is 1. The van der Waals surface area contributed by atoms with E-state index < -0.39 is 0 Å². The Kier molecular flexibility index (Phi) is 4.17. The lowest BCUT2D eigenvalue weighted by atomic mass is 10.1. The molecule has 26 heavy (non-hydrogen) atoms. The van der Waals surface area contributed by atoms with Gasteiger partial charge in [0.25, 0.3) is 0 Å². The second-order valence-corrected chi connectivity index (χ2v) is 6.14. The van der Waals surface area contributed by atoms with Crippen molar-refractivity contribution in [3.05, 3.63) is 82.5 Å². The Balaban J connectivity index is 1.77. The number of nitriles is 1. The zero-order valence-electron chi connectivity index (χ0n) is 13.7. The van der Waals surface area contributed by atoms with Crippen LogP contribution in [0.2, 0.25) is 0 Å². The van der Waals surface area contributed by atoms with Crippen molar-refractivity contribution in [2.75, 3.05) is 0 Å². The van der Waals surface area contributed by atoms with Crippen molar-refractivity contribution in [2.45, 2.75) is 6.54 Å². The van der Waals surface area contributed by atoms with E-state index in [2.05, 4.69) is 38.1 Å². The Morgan fingerprint density at radius 3 is 2.81 bits per heavy atom. The van der Waals surface area contributed by atoms with Gasteiger partial charge in [-0.3, -0.25) is 5.10 Å². The molecule has 7 heteroatoms. The number of fused-ring (bicyclic) bond motifs is 1. The first-order chi connectivity index (χ1) is 12.8. The topological polar surface area (TPSA) is 74.7 Å². The van der Waals surface area contributed by atoms with Crippen molar-refractivity contribution in [2.24, 2.45) is 5.10 Å². The van der Waals surface area contributed by atoms with Crippen LogP contribution in [0.4, 0.5) is 0 Å². The highest BCUT2D eigenvalue weighted by Gasteiger charge is 2.09. The van der Waals surface area contributed by atoms with E-state index in [1.54, 1.807) is 6.21 Å². The van der Waals surface area contributed by atoms with Gasteiger partial charge in [-0.15, -0.1) is 0 Å². The van der Waals surface area contributed by atoms with Crippen molar-refractivity contribution in [3.63, 3.8) is 0 Å². The normalized spacial score (nSPS) is 11.2. The first kappa shape index (κ1) is 16.0. The Morgan fingerprint density at radius 2 is 2.00 bits per heavy atom. The smallest absolute Gasteiger partial charge is 0.216 e. The van der Waals surface area contributed by atoms with Gasteiger partial charge in [0.1, 0.15) is 6.33 Å². The van der Waals surface area contributed by atoms with Crippen LogP contribution in [0.5, 0.6) is 0 Å². The maximum atomic E-state index is 9.33. The van der Waals surface area contributed by atoms with Crippen LogP contribution in [-0.2, 0) is 6.54 Å². The molecule has 2 aromatic heterocycles. The van der Waals surface area contributed by atoms with E-state index in [1.807, 2.05) is 42.6 Å². The third-order valence-electron chi connectivity index (χ3n) is 4.15. The Labute approximate surface area is 154 Å². The standard InChI is InChI=1S/C19H14N6S/c20-9-14-5-1-2-6-15(14)11-24-12-16(17-7-3-4-8-18(17)24)10-22-25-13-21-23-19(25)26/h1-8,10,12-13H,11H2,(H,23,26). The summed E-state index contributed by atoms with van der Waals surface area (Å²) in [7, 11) is 0. The molecule has 0 unspecified atom stereocenters. The maximum Gasteiger partial charge on any atom is 0.216 e. The van der Waals surface area contributed by atoms with Crippen LogP contribution in [-0.4, -0.2) is 25.7 Å². The van der Waals surface area contributed by atoms with Gasteiger partial charge in [-0.25, -0.2) is 0 Å². The van der Waals surface area contributed by atoms with E-state index in [1.165, 1.54) is 11.0 Å². The molecule has 0 radical (unpaired) electrons. The minimum Gasteiger partial charge on any atom is -0.342 e. The molecule has 2 heterocycles. The summed E-state index contributed by atoms with van der Waals surface area (Å²) in [6, 6.07) is 18.0. The molecule has 0 saturated heterocycles. The highest BCUT2D eigenvalue weighted by molar-refractivity contribution is 7.71. The molecule has 4 rings (SSSR count). The third kappa shape index (κ3) is 2.94. The van der Waals surface area contributed by atoms with Gasteiger partial charge in [-0.1, -0.05) is 36.4 Å². The van der Waals surface area contributed by atoms with Crippen LogP contribution in [0.3, 0.4) is 0 Å². The van der Waals surface area contributed by atoms with E-state index in [9.17, 15) is 5.26 Å². The minimum absolute atomic E-state index is 0.438. The Hall–Kier alpha value is -3.50. The van der Waals surface area contributed by atoms with Gasteiger partial charge in [-0.2, -0.15) is 20.1 Å². The molecular formula is C19H14N6S. The molecule has 126 valence electrons. The summed E-state index contributed by atoms with van der Waals surface area (Å²) in [5.41, 5.74) is 3.72. The highest BCUT2D eigenvalue weighted by Crippen LogP contribution is 2.22. The Morgan fingerprint density at radius 1 is 1.19 bits per heavy atom. The van der Waals surface area contributed by atoms with Gasteiger partial charge in [-0.05, 0) is 29.9 Å². The molecule has 0 spiro atoms. The number of benzene rings is 2. The number of aromatic nitrogens is 4. The first-order valence-electron chi connectivity index (χ1n) is 7.98. The predicted octanol–water partition coefficient (Wildman–Crippen LogP) is 3.70. The maximum absolute atomic E-state index is 9.33. The fourth-order valence-corrected chi connectivity index (χ4v) is 3.06. The predicted molar refractivity (Wildman–Crippen MR) is 103 cm³/mol. The molecule has 0 aliphatic rings. The monoisotopic (exact) mass is 358 g/mol. The van der Waals surface area contributed by atoms with E-state index in [-0.39, 0.29) is 0 Å². The van der Waals surface area contributed by atoms with Gasteiger partial charge in [0, 0.05) is 29.2 Å². The molecule has 1 N–H and O–H groups in total. The quantitative estimate of drug-likeness (QED) is 0.446. The fraction of sp³-hybridized carbons (Fsp3) is 0.0526. The van der Waals surface area contributed by atoms with Crippen molar-refractivity contribution < 1.29 is 0 Å². The fourth-order valence-electron chi connectivity index (χ4n) is 2.91. The van der Waals surface area contributed by atoms with Crippen LogP contribution in [0.25, 0.3) is 10.9 Å². The summed E-state index contributed by atoms with van der Waals surface area (Å²) in [5, 5.41) is 21.3. The summed E-state index contributed by atoms with van der Waals surface area (Å²) in [4.78, 5) is 0. The number of para-hydroxylation sites is 1. The summed E-state index contributed by atoms with van der Waals surface area (Å²) in [6.45, 7) is 0.614. The van der Waals surface area contributed by atoms with Crippen LogP contribution >= 0.6 is 12.2 Å². The van der Waals surface area contributed by atoms with E-state index in [0.717, 1.165) is 22.0 Å². The summed E-state index contributed by atoms with van der Waals surface area (Å²) >= 11 is 5.11. The number of nitrogens with one attached hydrogen (secondary N) is 1. The van der Waals surface area contributed by atoms with Crippen molar-refractivity contribution >= 4 is 29.3 Å². The lowest BCUT2D eigenvalue weighted by Crippen LogP contribution is -2.00. The zero-order chi connectivity index (χ0) is 17.9. The minimum atomic E-state index is 0.438. The number of H-pyrrole nitrogens is 1. The molecule has 0 atom stereocenters. The van der Waals surface area contributed by atoms with Crippen molar-refractivity contribution in [1.82, 2.24) is 19.4 Å². The molecule has 0 aliphatic heterocycles. The molecule has 0 fully saturated rings. The van der Waals surface area contributed by atoms with Crippen LogP contribution in [0.15, 0.2) is 66.2 Å². The number of rotatable bonds is 4. The van der Waals surface area contributed by atoms with Crippen molar-refractivity contribution in [1.29, 1.82) is 5.26 Å². The molecule has 0 aliphatic carbocycles. The molecular weight excluding hydrogens is 344 g/mol. The summed E-state index contributed by atoms with van der Waals surface area (Å²) < 4.78 is 4.07. The summed E-state index contributed by atoms with van der Waals surface area (Å²) in [6.07, 6.45) is 5.33. The SMILES string of the molecule is N#Cc1ccccc1Cn1cc(C=Nn2cn[nH]c2=S)c2ccccc21. The van der Waals surface area contributed by atoms with Crippen LogP contribution in [0.1, 0.15) is 16.7 Å². The zero-order valence-corrected chi connectivity index (χ0v) is 14.5. The first-order valence-corrected chi connectivity index (χ1v) is 8.39. The Bertz CT molecular complexity index is 1200. The summed E-state index contributed by atoms with van der Waals surface area (Å²) in [5.74, 6) is 0. The van der Waals surface area contributed by atoms with E-state index in [0.29, 0.717) is 16.9 Å². The van der Waals surface area contributed by atoms with Gasteiger partial charge in [0.15, 0.2) is 0 Å². The molecule has 0 amide bonds. The number of nitrogens with zero attached hydrogens (tertiary/aromatic N) is 5. The molecule has 0 bridgehead atoms. The van der Waals surface area contributed by atoms with Crippen LogP contribution < -0.4 is 0 Å². The van der Waals surface area contributed by atoms with Gasteiger partial charge < -0.3 is 4.57 Å². The molecule has 6 nitrogen and oxygen atoms in total. The molecule has 0 saturated carbocycles.